The lowest BCUT2D eigenvalue weighted by atomic mass is 9.79. The Hall–Kier alpha value is -1.59. The van der Waals surface area contributed by atoms with Gasteiger partial charge in [0.25, 0.3) is 0 Å². The van der Waals surface area contributed by atoms with E-state index in [1.54, 1.807) is 0 Å². The molecule has 0 saturated carbocycles. The third-order valence-corrected chi connectivity index (χ3v) is 5.12. The van der Waals surface area contributed by atoms with Gasteiger partial charge < -0.3 is 20.5 Å². The number of carbonyl (C=O) groups is 1. The lowest BCUT2D eigenvalue weighted by Crippen LogP contribution is -2.49. The third kappa shape index (κ3) is 5.45. The smallest absolute Gasteiger partial charge is 0.227 e. The molecule has 1 aromatic rings. The second-order valence-corrected chi connectivity index (χ2v) is 7.95. The Labute approximate surface area is 157 Å². The molecule has 3 N–H and O–H groups in total. The molecule has 1 atom stereocenters. The summed E-state index contributed by atoms with van der Waals surface area (Å²) < 4.78 is 11.6. The zero-order chi connectivity index (χ0) is 19.2. The van der Waals surface area contributed by atoms with E-state index in [9.17, 15) is 4.79 Å². The summed E-state index contributed by atoms with van der Waals surface area (Å²) in [6, 6.07) is 6.13. The molecule has 1 aromatic carbocycles. The predicted molar refractivity (Wildman–Crippen MR) is 104 cm³/mol. The van der Waals surface area contributed by atoms with E-state index in [4.69, 9.17) is 15.2 Å². The van der Waals surface area contributed by atoms with E-state index in [0.717, 1.165) is 23.3 Å². The quantitative estimate of drug-likeness (QED) is 0.745. The standard InChI is InChI=1S/C21H34N2O3/c1-15(2)11-17(4)26-19-12-16(3)5-6-18(19)13-23-20(24)21(14-22)7-9-25-10-8-21/h5-6,12,15,17H,7-11,13-14,22H2,1-4H3,(H,23,24). The maximum atomic E-state index is 12.8. The Balaban J connectivity index is 2.05. The summed E-state index contributed by atoms with van der Waals surface area (Å²) in [6.07, 6.45) is 2.49. The Morgan fingerprint density at radius 1 is 1.31 bits per heavy atom. The summed E-state index contributed by atoms with van der Waals surface area (Å²) in [5, 5.41) is 3.08. The number of rotatable bonds is 8. The molecule has 1 fully saturated rings. The van der Waals surface area contributed by atoms with Crippen LogP contribution in [0.15, 0.2) is 18.2 Å². The van der Waals surface area contributed by atoms with Crippen LogP contribution in [-0.2, 0) is 16.1 Å². The van der Waals surface area contributed by atoms with Gasteiger partial charge in [-0.2, -0.15) is 0 Å². The highest BCUT2D eigenvalue weighted by atomic mass is 16.5. The Bertz CT molecular complexity index is 595. The molecular formula is C21H34N2O3. The van der Waals surface area contributed by atoms with Gasteiger partial charge in [-0.1, -0.05) is 26.0 Å². The van der Waals surface area contributed by atoms with Gasteiger partial charge in [0.15, 0.2) is 0 Å². The third-order valence-electron chi connectivity index (χ3n) is 5.12. The molecule has 1 saturated heterocycles. The zero-order valence-electron chi connectivity index (χ0n) is 16.6. The molecule has 26 heavy (non-hydrogen) atoms. The van der Waals surface area contributed by atoms with Gasteiger partial charge in [0.05, 0.1) is 11.5 Å². The maximum Gasteiger partial charge on any atom is 0.227 e. The van der Waals surface area contributed by atoms with Crippen LogP contribution in [0.5, 0.6) is 5.75 Å². The second kappa shape index (κ2) is 9.38. The van der Waals surface area contributed by atoms with E-state index in [1.165, 1.54) is 0 Å². The average molecular weight is 363 g/mol. The number of benzene rings is 1. The first-order valence-electron chi connectivity index (χ1n) is 9.68. The van der Waals surface area contributed by atoms with Crippen molar-refractivity contribution in [1.82, 2.24) is 5.32 Å². The number of aryl methyl sites for hydroxylation is 1. The van der Waals surface area contributed by atoms with Crippen LogP contribution in [0.25, 0.3) is 0 Å². The van der Waals surface area contributed by atoms with Crippen molar-refractivity contribution in [2.24, 2.45) is 17.1 Å². The van der Waals surface area contributed by atoms with Crippen molar-refractivity contribution < 1.29 is 14.3 Å². The SMILES string of the molecule is Cc1ccc(CNC(=O)C2(CN)CCOCC2)c(OC(C)CC(C)C)c1. The fraction of sp³-hybridized carbons (Fsp3) is 0.667. The summed E-state index contributed by atoms with van der Waals surface area (Å²) in [5.41, 5.74) is 7.57. The molecule has 0 spiro atoms. The fourth-order valence-corrected chi connectivity index (χ4v) is 3.50. The second-order valence-electron chi connectivity index (χ2n) is 7.95. The van der Waals surface area contributed by atoms with Crippen LogP contribution in [0.2, 0.25) is 0 Å². The first kappa shape index (κ1) is 20.7. The highest BCUT2D eigenvalue weighted by Crippen LogP contribution is 2.30. The molecule has 1 aliphatic heterocycles. The molecule has 1 aliphatic rings. The zero-order valence-corrected chi connectivity index (χ0v) is 16.6. The number of nitrogens with two attached hydrogens (primary N) is 1. The number of hydrogen-bond acceptors (Lipinski definition) is 4. The molecular weight excluding hydrogens is 328 g/mol. The van der Waals surface area contributed by atoms with Gasteiger partial charge in [-0.05, 0) is 50.7 Å². The van der Waals surface area contributed by atoms with Crippen molar-refractivity contribution in [3.05, 3.63) is 29.3 Å². The van der Waals surface area contributed by atoms with E-state index in [2.05, 4.69) is 32.2 Å². The van der Waals surface area contributed by atoms with E-state index in [1.807, 2.05) is 19.1 Å². The lowest BCUT2D eigenvalue weighted by molar-refractivity contribution is -0.136. The summed E-state index contributed by atoms with van der Waals surface area (Å²) >= 11 is 0. The van der Waals surface area contributed by atoms with Crippen molar-refractivity contribution >= 4 is 5.91 Å². The number of hydrogen-bond donors (Lipinski definition) is 2. The molecule has 1 heterocycles. The van der Waals surface area contributed by atoms with E-state index in [0.29, 0.717) is 45.1 Å². The van der Waals surface area contributed by atoms with Crippen LogP contribution >= 0.6 is 0 Å². The van der Waals surface area contributed by atoms with Gasteiger partial charge in [0.2, 0.25) is 5.91 Å². The molecule has 5 heteroatoms. The molecule has 1 amide bonds. The lowest BCUT2D eigenvalue weighted by Gasteiger charge is -2.34. The monoisotopic (exact) mass is 362 g/mol. The molecule has 146 valence electrons. The van der Waals surface area contributed by atoms with Gasteiger partial charge in [-0.15, -0.1) is 0 Å². The minimum absolute atomic E-state index is 0.0186. The van der Waals surface area contributed by atoms with Crippen molar-refractivity contribution in [2.45, 2.75) is 59.6 Å². The Morgan fingerprint density at radius 3 is 2.62 bits per heavy atom. The average Bonchev–Trinajstić information content (AvgIpc) is 2.60. The maximum absolute atomic E-state index is 12.8. The van der Waals surface area contributed by atoms with Crippen molar-refractivity contribution in [2.75, 3.05) is 19.8 Å². The Kier molecular flexibility index (Phi) is 7.47. The summed E-state index contributed by atoms with van der Waals surface area (Å²) in [5.74, 6) is 1.45. The number of carbonyl (C=O) groups excluding carboxylic acids is 1. The molecule has 0 bridgehead atoms. The van der Waals surface area contributed by atoms with Crippen LogP contribution in [0.3, 0.4) is 0 Å². The molecule has 5 nitrogen and oxygen atoms in total. The number of ether oxygens (including phenoxy) is 2. The van der Waals surface area contributed by atoms with Gasteiger partial charge >= 0.3 is 0 Å². The van der Waals surface area contributed by atoms with Crippen LogP contribution in [0.1, 0.15) is 51.2 Å². The van der Waals surface area contributed by atoms with Crippen LogP contribution in [0, 0.1) is 18.3 Å². The summed E-state index contributed by atoms with van der Waals surface area (Å²) in [7, 11) is 0. The first-order valence-corrected chi connectivity index (χ1v) is 9.68. The van der Waals surface area contributed by atoms with E-state index < -0.39 is 5.41 Å². The largest absolute Gasteiger partial charge is 0.490 e. The highest BCUT2D eigenvalue weighted by Gasteiger charge is 2.38. The first-order chi connectivity index (χ1) is 12.4. The minimum Gasteiger partial charge on any atom is -0.490 e. The van der Waals surface area contributed by atoms with Gasteiger partial charge in [-0.3, -0.25) is 4.79 Å². The van der Waals surface area contributed by atoms with E-state index in [-0.39, 0.29) is 12.0 Å². The van der Waals surface area contributed by atoms with Gasteiger partial charge in [0, 0.05) is 31.9 Å². The Morgan fingerprint density at radius 2 is 2.00 bits per heavy atom. The molecule has 0 aliphatic carbocycles. The molecule has 2 rings (SSSR count). The van der Waals surface area contributed by atoms with Crippen molar-refractivity contribution in [1.29, 1.82) is 0 Å². The molecule has 0 radical (unpaired) electrons. The minimum atomic E-state index is -0.505. The topological polar surface area (TPSA) is 73.6 Å². The van der Waals surface area contributed by atoms with E-state index >= 15 is 0 Å². The van der Waals surface area contributed by atoms with Crippen LogP contribution in [-0.4, -0.2) is 31.8 Å². The van der Waals surface area contributed by atoms with Gasteiger partial charge in [-0.25, -0.2) is 0 Å². The fourth-order valence-electron chi connectivity index (χ4n) is 3.50. The van der Waals surface area contributed by atoms with Crippen LogP contribution < -0.4 is 15.8 Å². The predicted octanol–water partition coefficient (Wildman–Crippen LogP) is 3.18. The molecule has 1 unspecified atom stereocenters. The summed E-state index contributed by atoms with van der Waals surface area (Å²) in [6.45, 7) is 10.5. The normalized spacial score (nSPS) is 17.8. The van der Waals surface area contributed by atoms with Crippen LogP contribution in [0.4, 0.5) is 0 Å². The highest BCUT2D eigenvalue weighted by molar-refractivity contribution is 5.83. The molecule has 0 aromatic heterocycles. The number of amides is 1. The number of nitrogens with one attached hydrogen (secondary N) is 1. The summed E-state index contributed by atoms with van der Waals surface area (Å²) in [4.78, 5) is 12.8. The van der Waals surface area contributed by atoms with Crippen molar-refractivity contribution in [3.63, 3.8) is 0 Å². The van der Waals surface area contributed by atoms with Crippen molar-refractivity contribution in [3.8, 4) is 5.75 Å². The van der Waals surface area contributed by atoms with Gasteiger partial charge in [0.1, 0.15) is 5.75 Å².